The fraction of sp³-hybridized carbons (Fsp3) is 0.0833. The van der Waals surface area contributed by atoms with Crippen molar-refractivity contribution in [2.24, 2.45) is 0 Å². The van der Waals surface area contributed by atoms with Crippen LogP contribution >= 0.6 is 0 Å². The van der Waals surface area contributed by atoms with Crippen LogP contribution in [0.3, 0.4) is 0 Å². The number of aromatic nitrogens is 4. The predicted octanol–water partition coefficient (Wildman–Crippen LogP) is 1.38. The van der Waals surface area contributed by atoms with E-state index in [4.69, 9.17) is 10.5 Å². The number of methoxy groups -OCH3 is 1. The van der Waals surface area contributed by atoms with E-state index in [-0.39, 0.29) is 0 Å². The largest absolute Gasteiger partial charge is 0.496 e. The summed E-state index contributed by atoms with van der Waals surface area (Å²) in [7, 11) is 1.63. The molecule has 3 aromatic rings. The van der Waals surface area contributed by atoms with Crippen LogP contribution in [0.2, 0.25) is 0 Å². The number of benzene rings is 1. The summed E-state index contributed by atoms with van der Waals surface area (Å²) in [5, 5.41) is 4.18. The van der Waals surface area contributed by atoms with E-state index >= 15 is 0 Å². The van der Waals surface area contributed by atoms with Crippen molar-refractivity contribution in [2.75, 3.05) is 12.8 Å². The van der Waals surface area contributed by atoms with Gasteiger partial charge in [-0.3, -0.25) is 0 Å². The van der Waals surface area contributed by atoms with Gasteiger partial charge in [0.2, 0.25) is 5.95 Å². The third kappa shape index (κ3) is 1.46. The Balaban J connectivity index is 2.29. The van der Waals surface area contributed by atoms with Crippen LogP contribution in [0, 0.1) is 0 Å². The molecule has 0 aliphatic heterocycles. The molecule has 0 saturated carbocycles. The van der Waals surface area contributed by atoms with E-state index < -0.39 is 0 Å². The minimum absolute atomic E-state index is 0.307. The van der Waals surface area contributed by atoms with Crippen molar-refractivity contribution in [3.63, 3.8) is 0 Å². The minimum Gasteiger partial charge on any atom is -0.496 e. The summed E-state index contributed by atoms with van der Waals surface area (Å²) in [4.78, 5) is 8.10. The van der Waals surface area contributed by atoms with Gasteiger partial charge in [-0.1, -0.05) is 18.2 Å². The van der Waals surface area contributed by atoms with Gasteiger partial charge in [0.05, 0.1) is 18.9 Å². The number of nitrogens with zero attached hydrogens (tertiary/aromatic N) is 4. The van der Waals surface area contributed by atoms with Crippen LogP contribution in [-0.2, 0) is 0 Å². The summed E-state index contributed by atoms with van der Waals surface area (Å²) in [6.45, 7) is 0. The summed E-state index contributed by atoms with van der Waals surface area (Å²) in [5.74, 6) is 1.07. The SMILES string of the molecule is COc1ccccc1-c1cnn2c(N)ncnc12. The van der Waals surface area contributed by atoms with E-state index in [1.165, 1.54) is 10.8 Å². The monoisotopic (exact) mass is 241 g/mol. The Morgan fingerprint density at radius 3 is 2.83 bits per heavy atom. The van der Waals surface area contributed by atoms with Crippen LogP contribution in [0.15, 0.2) is 36.8 Å². The first kappa shape index (κ1) is 10.5. The normalized spacial score (nSPS) is 10.7. The molecule has 3 rings (SSSR count). The second-order valence-electron chi connectivity index (χ2n) is 3.73. The van der Waals surface area contributed by atoms with E-state index in [2.05, 4.69) is 15.1 Å². The van der Waals surface area contributed by atoms with Gasteiger partial charge in [0.1, 0.15) is 12.1 Å². The third-order valence-corrected chi connectivity index (χ3v) is 2.73. The fourth-order valence-corrected chi connectivity index (χ4v) is 1.89. The molecule has 0 atom stereocenters. The average Bonchev–Trinajstić information content (AvgIpc) is 2.84. The van der Waals surface area contributed by atoms with Crippen molar-refractivity contribution in [3.05, 3.63) is 36.8 Å². The smallest absolute Gasteiger partial charge is 0.224 e. The summed E-state index contributed by atoms with van der Waals surface area (Å²) in [5.41, 5.74) is 8.18. The van der Waals surface area contributed by atoms with Gasteiger partial charge in [0, 0.05) is 5.56 Å². The fourth-order valence-electron chi connectivity index (χ4n) is 1.89. The van der Waals surface area contributed by atoms with Crippen molar-refractivity contribution in [1.29, 1.82) is 0 Å². The molecule has 0 spiro atoms. The average molecular weight is 241 g/mol. The molecule has 18 heavy (non-hydrogen) atoms. The molecular formula is C12H11N5O. The zero-order chi connectivity index (χ0) is 12.5. The molecule has 0 saturated heterocycles. The van der Waals surface area contributed by atoms with Gasteiger partial charge in [-0.2, -0.15) is 9.61 Å². The van der Waals surface area contributed by atoms with Crippen molar-refractivity contribution in [3.8, 4) is 16.9 Å². The van der Waals surface area contributed by atoms with E-state index in [1.807, 2.05) is 24.3 Å². The van der Waals surface area contributed by atoms with Crippen LogP contribution in [-0.4, -0.2) is 26.7 Å². The first-order valence-corrected chi connectivity index (χ1v) is 5.39. The zero-order valence-corrected chi connectivity index (χ0v) is 9.74. The Morgan fingerprint density at radius 1 is 1.17 bits per heavy atom. The lowest BCUT2D eigenvalue weighted by molar-refractivity contribution is 0.416. The molecule has 2 heterocycles. The maximum atomic E-state index is 5.74. The standard InChI is InChI=1S/C12H11N5O/c1-18-10-5-3-2-4-8(10)9-6-16-17-11(9)14-7-15-12(17)13/h2-7H,1H3,(H2,13,14,15). The number of nitrogen functional groups attached to an aromatic ring is 1. The maximum absolute atomic E-state index is 5.74. The molecular weight excluding hydrogens is 230 g/mol. The number of nitrogens with two attached hydrogens (primary N) is 1. The molecule has 1 aromatic carbocycles. The molecule has 0 amide bonds. The van der Waals surface area contributed by atoms with Crippen molar-refractivity contribution < 1.29 is 4.74 Å². The highest BCUT2D eigenvalue weighted by Crippen LogP contribution is 2.31. The second-order valence-corrected chi connectivity index (χ2v) is 3.73. The van der Waals surface area contributed by atoms with E-state index in [0.29, 0.717) is 11.6 Å². The third-order valence-electron chi connectivity index (χ3n) is 2.73. The van der Waals surface area contributed by atoms with Gasteiger partial charge in [-0.05, 0) is 6.07 Å². The Kier molecular flexibility index (Phi) is 2.33. The van der Waals surface area contributed by atoms with Crippen LogP contribution in [0.25, 0.3) is 16.8 Å². The predicted molar refractivity (Wildman–Crippen MR) is 67.2 cm³/mol. The van der Waals surface area contributed by atoms with Crippen LogP contribution in [0.1, 0.15) is 0 Å². The summed E-state index contributed by atoms with van der Waals surface area (Å²) >= 11 is 0. The Morgan fingerprint density at radius 2 is 2.00 bits per heavy atom. The number of rotatable bonds is 2. The quantitative estimate of drug-likeness (QED) is 0.733. The number of anilines is 1. The molecule has 0 radical (unpaired) electrons. The van der Waals surface area contributed by atoms with Gasteiger partial charge in [-0.15, -0.1) is 0 Å². The Hall–Kier alpha value is -2.63. The van der Waals surface area contributed by atoms with Gasteiger partial charge in [0.15, 0.2) is 5.65 Å². The molecule has 0 bridgehead atoms. The number of fused-ring (bicyclic) bond motifs is 1. The molecule has 0 aliphatic carbocycles. The summed E-state index contributed by atoms with van der Waals surface area (Å²) in [6.07, 6.45) is 3.13. The number of ether oxygens (including phenoxy) is 1. The van der Waals surface area contributed by atoms with E-state index in [1.54, 1.807) is 13.3 Å². The number of hydrogen-bond donors (Lipinski definition) is 1. The zero-order valence-electron chi connectivity index (χ0n) is 9.74. The highest BCUT2D eigenvalue weighted by molar-refractivity contribution is 5.81. The lowest BCUT2D eigenvalue weighted by Crippen LogP contribution is -2.02. The molecule has 0 aliphatic rings. The van der Waals surface area contributed by atoms with Crippen molar-refractivity contribution >= 4 is 11.6 Å². The van der Waals surface area contributed by atoms with Gasteiger partial charge in [0.25, 0.3) is 0 Å². The van der Waals surface area contributed by atoms with Crippen molar-refractivity contribution in [1.82, 2.24) is 19.6 Å². The van der Waals surface area contributed by atoms with Crippen LogP contribution < -0.4 is 10.5 Å². The highest BCUT2D eigenvalue weighted by Gasteiger charge is 2.13. The second kappa shape index (κ2) is 3.99. The van der Waals surface area contributed by atoms with Crippen LogP contribution in [0.5, 0.6) is 5.75 Å². The molecule has 6 nitrogen and oxygen atoms in total. The summed E-state index contributed by atoms with van der Waals surface area (Å²) < 4.78 is 6.84. The van der Waals surface area contributed by atoms with Gasteiger partial charge < -0.3 is 10.5 Å². The molecule has 90 valence electrons. The lowest BCUT2D eigenvalue weighted by Gasteiger charge is -2.06. The molecule has 2 aromatic heterocycles. The van der Waals surface area contributed by atoms with E-state index in [9.17, 15) is 0 Å². The molecule has 2 N–H and O–H groups in total. The number of para-hydroxylation sites is 1. The maximum Gasteiger partial charge on any atom is 0.224 e. The Bertz CT molecular complexity index is 707. The summed E-state index contributed by atoms with van der Waals surface area (Å²) in [6, 6.07) is 7.70. The number of hydrogen-bond acceptors (Lipinski definition) is 5. The first-order valence-electron chi connectivity index (χ1n) is 5.39. The van der Waals surface area contributed by atoms with Crippen molar-refractivity contribution in [2.45, 2.75) is 0 Å². The molecule has 6 heteroatoms. The van der Waals surface area contributed by atoms with Gasteiger partial charge >= 0.3 is 0 Å². The van der Waals surface area contributed by atoms with Gasteiger partial charge in [-0.25, -0.2) is 9.97 Å². The first-order chi connectivity index (χ1) is 8.81. The molecule has 0 fully saturated rings. The topological polar surface area (TPSA) is 78.3 Å². The highest BCUT2D eigenvalue weighted by atomic mass is 16.5. The Labute approximate surface area is 103 Å². The van der Waals surface area contributed by atoms with E-state index in [0.717, 1.165) is 16.9 Å². The molecule has 0 unspecified atom stereocenters. The lowest BCUT2D eigenvalue weighted by atomic mass is 10.1. The van der Waals surface area contributed by atoms with Crippen LogP contribution in [0.4, 0.5) is 5.95 Å². The minimum atomic E-state index is 0.307.